The third-order valence-electron chi connectivity index (χ3n) is 7.41. The standard InChI is InChI=1S/C31H31Cl2N5O/c1-3-37-12-14-38(15-13-37)11-10-21-4-6-22(7-5-21)23-8-9-25-28(16-23)35-20-24(19-34)31(25)36-29-18-30(39-2)27(33)17-26(29)32/h4-9,16-18,20H,3,10-15H2,1-2H3,(H,35,36). The number of ether oxygens (including phenoxy) is 1. The summed E-state index contributed by atoms with van der Waals surface area (Å²) in [5, 5.41) is 14.7. The van der Waals surface area contributed by atoms with Gasteiger partial charge in [0.25, 0.3) is 0 Å². The summed E-state index contributed by atoms with van der Waals surface area (Å²) >= 11 is 12.6. The van der Waals surface area contributed by atoms with Crippen LogP contribution in [0, 0.1) is 11.3 Å². The molecule has 0 radical (unpaired) electrons. The van der Waals surface area contributed by atoms with Gasteiger partial charge in [0, 0.05) is 50.4 Å². The molecule has 1 aromatic heterocycles. The lowest BCUT2D eigenvalue weighted by Gasteiger charge is -2.34. The van der Waals surface area contributed by atoms with Gasteiger partial charge >= 0.3 is 0 Å². The van der Waals surface area contributed by atoms with Crippen molar-refractivity contribution in [3.63, 3.8) is 0 Å². The maximum Gasteiger partial charge on any atom is 0.139 e. The Bertz CT molecular complexity index is 1510. The molecule has 4 aromatic rings. The minimum absolute atomic E-state index is 0.415. The number of anilines is 2. The van der Waals surface area contributed by atoms with E-state index in [-0.39, 0.29) is 0 Å². The first-order valence-electron chi connectivity index (χ1n) is 13.2. The lowest BCUT2D eigenvalue weighted by molar-refractivity contribution is 0.138. The molecule has 0 aliphatic carbocycles. The Morgan fingerprint density at radius 1 is 0.949 bits per heavy atom. The van der Waals surface area contributed by atoms with E-state index in [0.29, 0.717) is 32.7 Å². The summed E-state index contributed by atoms with van der Waals surface area (Å²) in [5.74, 6) is 0.491. The van der Waals surface area contributed by atoms with E-state index in [2.05, 4.69) is 63.4 Å². The molecule has 1 aliphatic rings. The number of nitrogens with zero attached hydrogens (tertiary/aromatic N) is 4. The number of aromatic nitrogens is 1. The van der Waals surface area contributed by atoms with Crippen LogP contribution in [0.25, 0.3) is 22.0 Å². The molecule has 2 heterocycles. The van der Waals surface area contributed by atoms with Crippen LogP contribution in [0.15, 0.2) is 60.8 Å². The van der Waals surface area contributed by atoms with Gasteiger partial charge in [-0.1, -0.05) is 66.5 Å². The molecule has 6 nitrogen and oxygen atoms in total. The monoisotopic (exact) mass is 559 g/mol. The number of hydrogen-bond donors (Lipinski definition) is 1. The van der Waals surface area contributed by atoms with Crippen LogP contribution in [0.4, 0.5) is 11.4 Å². The van der Waals surface area contributed by atoms with Crippen molar-refractivity contribution < 1.29 is 4.74 Å². The lowest BCUT2D eigenvalue weighted by Crippen LogP contribution is -2.46. The molecule has 0 saturated carbocycles. The molecule has 0 unspecified atom stereocenters. The van der Waals surface area contributed by atoms with Crippen molar-refractivity contribution in [2.75, 3.05) is 51.7 Å². The smallest absolute Gasteiger partial charge is 0.139 e. The van der Waals surface area contributed by atoms with Gasteiger partial charge in [-0.25, -0.2) is 0 Å². The highest BCUT2D eigenvalue weighted by Crippen LogP contribution is 2.38. The molecule has 8 heteroatoms. The topological polar surface area (TPSA) is 64.4 Å². The van der Waals surface area contributed by atoms with Gasteiger partial charge in [0.1, 0.15) is 11.8 Å². The van der Waals surface area contributed by atoms with Crippen molar-refractivity contribution in [2.24, 2.45) is 0 Å². The maximum absolute atomic E-state index is 9.76. The van der Waals surface area contributed by atoms with Crippen LogP contribution in [0.3, 0.4) is 0 Å². The number of benzene rings is 3. The zero-order valence-electron chi connectivity index (χ0n) is 22.2. The van der Waals surface area contributed by atoms with Crippen LogP contribution in [-0.2, 0) is 6.42 Å². The van der Waals surface area contributed by atoms with Gasteiger partial charge in [-0.2, -0.15) is 5.26 Å². The zero-order chi connectivity index (χ0) is 27.4. The van der Waals surface area contributed by atoms with E-state index in [1.165, 1.54) is 18.7 Å². The molecule has 200 valence electrons. The highest BCUT2D eigenvalue weighted by Gasteiger charge is 2.16. The highest BCUT2D eigenvalue weighted by atomic mass is 35.5. The number of rotatable bonds is 8. The summed E-state index contributed by atoms with van der Waals surface area (Å²) in [6.45, 7) is 9.10. The molecular weight excluding hydrogens is 529 g/mol. The first-order chi connectivity index (χ1) is 19.0. The third-order valence-corrected chi connectivity index (χ3v) is 8.01. The third kappa shape index (κ3) is 6.13. The number of hydrogen-bond acceptors (Lipinski definition) is 6. The molecule has 39 heavy (non-hydrogen) atoms. The quantitative estimate of drug-likeness (QED) is 0.250. The second kappa shape index (κ2) is 12.2. The zero-order valence-corrected chi connectivity index (χ0v) is 23.7. The fourth-order valence-corrected chi connectivity index (χ4v) is 5.50. The van der Waals surface area contributed by atoms with Crippen LogP contribution in [0.5, 0.6) is 5.75 Å². The van der Waals surface area contributed by atoms with Crippen molar-refractivity contribution in [2.45, 2.75) is 13.3 Å². The fourth-order valence-electron chi connectivity index (χ4n) is 4.99. The predicted molar refractivity (Wildman–Crippen MR) is 160 cm³/mol. The van der Waals surface area contributed by atoms with Gasteiger partial charge in [0.15, 0.2) is 0 Å². The Hall–Kier alpha value is -3.34. The number of halogens is 2. The molecule has 1 saturated heterocycles. The van der Waals surface area contributed by atoms with Crippen LogP contribution < -0.4 is 10.1 Å². The lowest BCUT2D eigenvalue weighted by atomic mass is 10.00. The summed E-state index contributed by atoms with van der Waals surface area (Å²) in [4.78, 5) is 9.64. The molecule has 1 fully saturated rings. The van der Waals surface area contributed by atoms with Crippen LogP contribution in [0.1, 0.15) is 18.1 Å². The summed E-state index contributed by atoms with van der Waals surface area (Å²) in [5.41, 5.74) is 5.96. The number of pyridine rings is 1. The van der Waals surface area contributed by atoms with Crippen LogP contribution in [0.2, 0.25) is 10.0 Å². The van der Waals surface area contributed by atoms with E-state index in [1.54, 1.807) is 25.4 Å². The number of nitrogens with one attached hydrogen (secondary N) is 1. The summed E-state index contributed by atoms with van der Waals surface area (Å²) in [7, 11) is 1.55. The van der Waals surface area contributed by atoms with E-state index < -0.39 is 0 Å². The number of likely N-dealkylation sites (N-methyl/N-ethyl adjacent to an activating group) is 1. The first kappa shape index (κ1) is 27.2. The Labute approximate surface area is 239 Å². The Morgan fingerprint density at radius 3 is 2.36 bits per heavy atom. The van der Waals surface area contributed by atoms with Crippen molar-refractivity contribution in [3.8, 4) is 22.9 Å². The van der Waals surface area contributed by atoms with Crippen LogP contribution in [-0.4, -0.2) is 61.2 Å². The van der Waals surface area contributed by atoms with Crippen LogP contribution >= 0.6 is 23.2 Å². The number of piperazine rings is 1. The fraction of sp³-hybridized carbons (Fsp3) is 0.290. The minimum Gasteiger partial charge on any atom is -0.495 e. The summed E-state index contributed by atoms with van der Waals surface area (Å²) in [6, 6.07) is 20.5. The SMILES string of the molecule is CCN1CCN(CCc2ccc(-c3ccc4c(Nc5cc(OC)c(Cl)cc5Cl)c(C#N)cnc4c3)cc2)CC1. The Balaban J connectivity index is 1.35. The molecule has 5 rings (SSSR count). The van der Waals surface area contributed by atoms with Gasteiger partial charge in [-0.3, -0.25) is 4.98 Å². The molecule has 0 spiro atoms. The average Bonchev–Trinajstić information content (AvgIpc) is 2.97. The second-order valence-corrected chi connectivity index (χ2v) is 10.5. The van der Waals surface area contributed by atoms with Gasteiger partial charge in [-0.05, 0) is 41.8 Å². The minimum atomic E-state index is 0.415. The molecule has 3 aromatic carbocycles. The Morgan fingerprint density at radius 2 is 1.67 bits per heavy atom. The average molecular weight is 561 g/mol. The van der Waals surface area contributed by atoms with E-state index in [9.17, 15) is 5.26 Å². The molecule has 1 aliphatic heterocycles. The molecule has 0 atom stereocenters. The van der Waals surface area contributed by atoms with E-state index in [4.69, 9.17) is 27.9 Å². The summed E-state index contributed by atoms with van der Waals surface area (Å²) < 4.78 is 5.34. The normalized spacial score (nSPS) is 14.3. The molecule has 1 N–H and O–H groups in total. The van der Waals surface area contributed by atoms with Crippen molar-refractivity contribution in [1.29, 1.82) is 5.26 Å². The molecule has 0 amide bonds. The van der Waals surface area contributed by atoms with Gasteiger partial charge in [0.2, 0.25) is 0 Å². The highest BCUT2D eigenvalue weighted by molar-refractivity contribution is 6.37. The Kier molecular flexibility index (Phi) is 8.54. The van der Waals surface area contributed by atoms with Crippen molar-refractivity contribution in [3.05, 3.63) is 82.0 Å². The summed E-state index contributed by atoms with van der Waals surface area (Å²) in [6.07, 6.45) is 2.63. The maximum atomic E-state index is 9.76. The van der Waals surface area contributed by atoms with Crippen molar-refractivity contribution >= 4 is 45.5 Å². The number of fused-ring (bicyclic) bond motifs is 1. The number of nitriles is 1. The van der Waals surface area contributed by atoms with E-state index in [1.807, 2.05) is 12.1 Å². The first-order valence-corrected chi connectivity index (χ1v) is 13.9. The van der Waals surface area contributed by atoms with Gasteiger partial charge < -0.3 is 19.9 Å². The van der Waals surface area contributed by atoms with Crippen molar-refractivity contribution in [1.82, 2.24) is 14.8 Å². The number of methoxy groups -OCH3 is 1. The molecule has 0 bridgehead atoms. The van der Waals surface area contributed by atoms with Gasteiger partial charge in [0.05, 0.1) is 39.6 Å². The second-order valence-electron chi connectivity index (χ2n) is 9.71. The molecular formula is C31H31Cl2N5O. The largest absolute Gasteiger partial charge is 0.495 e. The van der Waals surface area contributed by atoms with E-state index in [0.717, 1.165) is 54.6 Å². The predicted octanol–water partition coefficient (Wildman–Crippen LogP) is 7.01. The van der Waals surface area contributed by atoms with Gasteiger partial charge in [-0.15, -0.1) is 0 Å². The van der Waals surface area contributed by atoms with E-state index >= 15 is 0 Å².